The van der Waals surface area contributed by atoms with Gasteiger partial charge in [0.05, 0.1) is 6.20 Å². The van der Waals surface area contributed by atoms with Gasteiger partial charge in [-0.2, -0.15) is 5.10 Å². The predicted octanol–water partition coefficient (Wildman–Crippen LogP) is 2.56. The van der Waals surface area contributed by atoms with Gasteiger partial charge in [-0.05, 0) is 31.2 Å². The van der Waals surface area contributed by atoms with Crippen molar-refractivity contribution in [3.8, 4) is 0 Å². The Kier molecular flexibility index (Phi) is 2.67. The lowest BCUT2D eigenvalue weighted by Gasteiger charge is -2.03. The fourth-order valence-corrected chi connectivity index (χ4v) is 2.14. The Balaban J connectivity index is 2.23. The highest BCUT2D eigenvalue weighted by atomic mass is 15.3. The monoisotopic (exact) mass is 178 g/mol. The quantitative estimate of drug-likeness (QED) is 0.680. The molecule has 1 aliphatic rings. The minimum absolute atomic E-state index is 1.14. The van der Waals surface area contributed by atoms with Gasteiger partial charge >= 0.3 is 0 Å². The fraction of sp³-hybridized carbons (Fsp3) is 0.727. The van der Waals surface area contributed by atoms with Gasteiger partial charge in [0, 0.05) is 12.2 Å². The zero-order valence-corrected chi connectivity index (χ0v) is 8.42. The van der Waals surface area contributed by atoms with Crippen LogP contribution in [-0.2, 0) is 19.4 Å². The van der Waals surface area contributed by atoms with Gasteiger partial charge < -0.3 is 0 Å². The Labute approximate surface area is 80.0 Å². The summed E-state index contributed by atoms with van der Waals surface area (Å²) >= 11 is 0. The van der Waals surface area contributed by atoms with Crippen molar-refractivity contribution in [1.82, 2.24) is 9.78 Å². The topological polar surface area (TPSA) is 17.8 Å². The second-order valence-corrected chi connectivity index (χ2v) is 3.90. The summed E-state index contributed by atoms with van der Waals surface area (Å²) in [7, 11) is 0. The maximum atomic E-state index is 4.45. The van der Waals surface area contributed by atoms with E-state index in [0.717, 1.165) is 6.54 Å². The number of rotatable bonds is 2. The minimum Gasteiger partial charge on any atom is -0.269 e. The van der Waals surface area contributed by atoms with Crippen molar-refractivity contribution >= 4 is 0 Å². The molecule has 0 radical (unpaired) electrons. The molecular formula is C11H18N2. The predicted molar refractivity (Wildman–Crippen MR) is 53.8 cm³/mol. The van der Waals surface area contributed by atoms with Gasteiger partial charge in [0.15, 0.2) is 0 Å². The van der Waals surface area contributed by atoms with Crippen LogP contribution in [-0.4, -0.2) is 9.78 Å². The Hall–Kier alpha value is -0.790. The molecule has 1 aromatic rings. The molecule has 2 rings (SSSR count). The fourth-order valence-electron chi connectivity index (χ4n) is 2.14. The summed E-state index contributed by atoms with van der Waals surface area (Å²) in [6.07, 6.45) is 9.78. The molecule has 0 aliphatic carbocycles. The number of hydrogen-bond acceptors (Lipinski definition) is 1. The van der Waals surface area contributed by atoms with Crippen LogP contribution >= 0.6 is 0 Å². The normalized spacial score (nSPS) is 16.7. The molecule has 1 aliphatic heterocycles. The van der Waals surface area contributed by atoms with Gasteiger partial charge in [-0.3, -0.25) is 4.68 Å². The molecule has 13 heavy (non-hydrogen) atoms. The molecule has 0 unspecified atom stereocenters. The van der Waals surface area contributed by atoms with E-state index in [1.54, 1.807) is 0 Å². The van der Waals surface area contributed by atoms with Gasteiger partial charge in [-0.25, -0.2) is 0 Å². The first-order valence-electron chi connectivity index (χ1n) is 5.45. The second-order valence-electron chi connectivity index (χ2n) is 3.90. The zero-order valence-electron chi connectivity index (χ0n) is 8.42. The lowest BCUT2D eigenvalue weighted by atomic mass is 10.1. The first kappa shape index (κ1) is 8.79. The van der Waals surface area contributed by atoms with Crippen molar-refractivity contribution in [1.29, 1.82) is 0 Å². The van der Waals surface area contributed by atoms with E-state index in [2.05, 4.69) is 22.9 Å². The molecule has 0 atom stereocenters. The zero-order chi connectivity index (χ0) is 9.10. The third kappa shape index (κ3) is 1.77. The average Bonchev–Trinajstić information content (AvgIpc) is 2.38. The summed E-state index contributed by atoms with van der Waals surface area (Å²) in [5.41, 5.74) is 3.00. The third-order valence-electron chi connectivity index (χ3n) is 2.84. The van der Waals surface area contributed by atoms with E-state index in [-0.39, 0.29) is 0 Å². The summed E-state index contributed by atoms with van der Waals surface area (Å²) in [5.74, 6) is 0. The van der Waals surface area contributed by atoms with Crippen molar-refractivity contribution in [2.24, 2.45) is 0 Å². The van der Waals surface area contributed by atoms with Gasteiger partial charge in [-0.1, -0.05) is 19.8 Å². The minimum atomic E-state index is 1.14. The largest absolute Gasteiger partial charge is 0.269 e. The number of hydrogen-bond donors (Lipinski definition) is 0. The molecule has 0 spiro atoms. The smallest absolute Gasteiger partial charge is 0.0524 e. The summed E-state index contributed by atoms with van der Waals surface area (Å²) < 4.78 is 2.22. The number of nitrogens with zero attached hydrogens (tertiary/aromatic N) is 2. The Morgan fingerprint density at radius 2 is 2.31 bits per heavy atom. The first-order chi connectivity index (χ1) is 6.42. The van der Waals surface area contributed by atoms with E-state index < -0.39 is 0 Å². The Morgan fingerprint density at radius 3 is 3.15 bits per heavy atom. The Morgan fingerprint density at radius 1 is 1.38 bits per heavy atom. The van der Waals surface area contributed by atoms with Crippen molar-refractivity contribution in [3.63, 3.8) is 0 Å². The van der Waals surface area contributed by atoms with Crippen LogP contribution in [0.2, 0.25) is 0 Å². The van der Waals surface area contributed by atoms with E-state index >= 15 is 0 Å². The summed E-state index contributed by atoms with van der Waals surface area (Å²) in [5, 5.41) is 4.45. The van der Waals surface area contributed by atoms with Gasteiger partial charge in [-0.15, -0.1) is 0 Å². The van der Waals surface area contributed by atoms with Crippen LogP contribution in [0.4, 0.5) is 0 Å². The Bertz CT molecular complexity index is 276. The van der Waals surface area contributed by atoms with Crippen molar-refractivity contribution < 1.29 is 0 Å². The van der Waals surface area contributed by atoms with Crippen LogP contribution < -0.4 is 0 Å². The number of aromatic nitrogens is 2. The van der Waals surface area contributed by atoms with E-state index in [0.29, 0.717) is 0 Å². The van der Waals surface area contributed by atoms with Crippen LogP contribution in [0.5, 0.6) is 0 Å². The van der Waals surface area contributed by atoms with Crippen molar-refractivity contribution in [3.05, 3.63) is 17.5 Å². The van der Waals surface area contributed by atoms with Crippen molar-refractivity contribution in [2.45, 2.75) is 52.0 Å². The molecule has 0 saturated heterocycles. The van der Waals surface area contributed by atoms with Crippen LogP contribution in [0.3, 0.4) is 0 Å². The SMILES string of the molecule is CCCc1cnn2c1CCCCC2. The van der Waals surface area contributed by atoms with Crippen LogP contribution in [0.15, 0.2) is 6.20 Å². The van der Waals surface area contributed by atoms with Gasteiger partial charge in [0.1, 0.15) is 0 Å². The van der Waals surface area contributed by atoms with E-state index in [4.69, 9.17) is 0 Å². The van der Waals surface area contributed by atoms with Crippen LogP contribution in [0.1, 0.15) is 43.9 Å². The molecule has 0 fully saturated rings. The molecule has 0 N–H and O–H groups in total. The molecule has 72 valence electrons. The molecular weight excluding hydrogens is 160 g/mol. The summed E-state index contributed by atoms with van der Waals surface area (Å²) in [6, 6.07) is 0. The summed E-state index contributed by atoms with van der Waals surface area (Å²) in [6.45, 7) is 3.37. The van der Waals surface area contributed by atoms with Crippen LogP contribution in [0.25, 0.3) is 0 Å². The number of fused-ring (bicyclic) bond motifs is 1. The standard InChI is InChI=1S/C11H18N2/c1-2-6-10-9-12-13-8-5-3-4-7-11(10)13/h9H,2-8H2,1H3. The maximum Gasteiger partial charge on any atom is 0.0524 e. The molecule has 0 aromatic carbocycles. The lowest BCUT2D eigenvalue weighted by Crippen LogP contribution is -2.02. The lowest BCUT2D eigenvalue weighted by molar-refractivity contribution is 0.575. The number of aryl methyl sites for hydroxylation is 2. The molecule has 2 heterocycles. The van der Waals surface area contributed by atoms with Gasteiger partial charge in [0.25, 0.3) is 0 Å². The highest BCUT2D eigenvalue weighted by molar-refractivity contribution is 5.18. The first-order valence-corrected chi connectivity index (χ1v) is 5.45. The molecule has 0 saturated carbocycles. The van der Waals surface area contributed by atoms with Gasteiger partial charge in [0.2, 0.25) is 0 Å². The molecule has 2 heteroatoms. The maximum absolute atomic E-state index is 4.45. The highest BCUT2D eigenvalue weighted by Gasteiger charge is 2.12. The highest BCUT2D eigenvalue weighted by Crippen LogP contribution is 2.18. The van der Waals surface area contributed by atoms with Crippen LogP contribution in [0, 0.1) is 0 Å². The molecule has 0 amide bonds. The molecule has 1 aromatic heterocycles. The van der Waals surface area contributed by atoms with E-state index in [1.165, 1.54) is 49.8 Å². The third-order valence-corrected chi connectivity index (χ3v) is 2.84. The van der Waals surface area contributed by atoms with E-state index in [9.17, 15) is 0 Å². The molecule has 2 nitrogen and oxygen atoms in total. The summed E-state index contributed by atoms with van der Waals surface area (Å²) in [4.78, 5) is 0. The average molecular weight is 178 g/mol. The van der Waals surface area contributed by atoms with Crippen molar-refractivity contribution in [2.75, 3.05) is 0 Å². The molecule has 0 bridgehead atoms. The second kappa shape index (κ2) is 3.95. The van der Waals surface area contributed by atoms with E-state index in [1.807, 2.05) is 0 Å².